The summed E-state index contributed by atoms with van der Waals surface area (Å²) < 4.78 is 0. The minimum absolute atomic E-state index is 0.662. The molecule has 1 radical (unpaired) electrons. The molecule has 0 bridgehead atoms. The Morgan fingerprint density at radius 2 is 1.80 bits per heavy atom. The normalized spacial score (nSPS) is 24.7. The van der Waals surface area contributed by atoms with Crippen LogP contribution < -0.4 is 0 Å². The summed E-state index contributed by atoms with van der Waals surface area (Å²) in [5, 5.41) is 0. The van der Waals surface area contributed by atoms with E-state index in [1.54, 1.807) is 5.92 Å². The van der Waals surface area contributed by atoms with E-state index in [9.17, 15) is 0 Å². The third kappa shape index (κ3) is 1.10. The predicted molar refractivity (Wildman–Crippen MR) is 46.1 cm³/mol. The molecule has 1 aliphatic carbocycles. The summed E-state index contributed by atoms with van der Waals surface area (Å²) in [4.78, 5) is 0.662. The van der Waals surface area contributed by atoms with Gasteiger partial charge in [0.25, 0.3) is 0 Å². The van der Waals surface area contributed by atoms with E-state index in [-0.39, 0.29) is 0 Å². The maximum atomic E-state index is 3.55. The zero-order valence-corrected chi connectivity index (χ0v) is 7.14. The van der Waals surface area contributed by atoms with Crippen molar-refractivity contribution < 1.29 is 0 Å². The monoisotopic (exact) mass is 195 g/mol. The number of rotatable bonds is 1. The fourth-order valence-electron chi connectivity index (χ4n) is 1.09. The molecule has 0 spiro atoms. The standard InChI is InChI=1S/C9H8Br/c10-9-6-8(9)7-4-2-1-3-5-7/h1-5,9H,6H2. The van der Waals surface area contributed by atoms with Crippen LogP contribution in [0.4, 0.5) is 0 Å². The van der Waals surface area contributed by atoms with Crippen molar-refractivity contribution in [1.82, 2.24) is 0 Å². The smallest absolute Gasteiger partial charge is 0.0261 e. The number of hydrogen-bond acceptors (Lipinski definition) is 0. The van der Waals surface area contributed by atoms with Crippen LogP contribution in [0.5, 0.6) is 0 Å². The van der Waals surface area contributed by atoms with Crippen LogP contribution in [-0.4, -0.2) is 4.83 Å². The second-order valence-corrected chi connectivity index (χ2v) is 3.67. The molecule has 0 saturated heterocycles. The highest BCUT2D eigenvalue weighted by Gasteiger charge is 2.36. The summed E-state index contributed by atoms with van der Waals surface area (Å²) in [5.41, 5.74) is 1.39. The van der Waals surface area contributed by atoms with Crippen molar-refractivity contribution in [2.45, 2.75) is 11.2 Å². The molecule has 51 valence electrons. The van der Waals surface area contributed by atoms with E-state index in [0.717, 1.165) is 0 Å². The van der Waals surface area contributed by atoms with E-state index in [4.69, 9.17) is 0 Å². The molecule has 0 nitrogen and oxygen atoms in total. The molecular formula is C9H8Br. The van der Waals surface area contributed by atoms with Gasteiger partial charge in [-0.3, -0.25) is 0 Å². The Morgan fingerprint density at radius 3 is 2.30 bits per heavy atom. The molecule has 10 heavy (non-hydrogen) atoms. The Hall–Kier alpha value is -0.300. The van der Waals surface area contributed by atoms with Gasteiger partial charge in [-0.2, -0.15) is 0 Å². The molecule has 0 aliphatic heterocycles. The van der Waals surface area contributed by atoms with Crippen molar-refractivity contribution in [3.05, 3.63) is 41.8 Å². The van der Waals surface area contributed by atoms with Gasteiger partial charge in [0.1, 0.15) is 0 Å². The highest BCUT2D eigenvalue weighted by Crippen LogP contribution is 2.44. The quantitative estimate of drug-likeness (QED) is 0.606. The van der Waals surface area contributed by atoms with Crippen LogP contribution in [-0.2, 0) is 0 Å². The summed E-state index contributed by atoms with van der Waals surface area (Å²) in [5.74, 6) is 1.54. The predicted octanol–water partition coefficient (Wildman–Crippen LogP) is 2.78. The third-order valence-electron chi connectivity index (χ3n) is 1.76. The van der Waals surface area contributed by atoms with Crippen molar-refractivity contribution in [3.8, 4) is 0 Å². The summed E-state index contributed by atoms with van der Waals surface area (Å²) in [6.07, 6.45) is 1.23. The van der Waals surface area contributed by atoms with E-state index < -0.39 is 0 Å². The van der Waals surface area contributed by atoms with Gasteiger partial charge in [0.15, 0.2) is 0 Å². The molecule has 0 N–H and O–H groups in total. The summed E-state index contributed by atoms with van der Waals surface area (Å²) in [6, 6.07) is 10.5. The summed E-state index contributed by atoms with van der Waals surface area (Å²) in [6.45, 7) is 0. The fraction of sp³-hybridized carbons (Fsp3) is 0.222. The molecule has 0 amide bonds. The van der Waals surface area contributed by atoms with Gasteiger partial charge in [0.2, 0.25) is 0 Å². The van der Waals surface area contributed by atoms with Crippen LogP contribution in [0.15, 0.2) is 30.3 Å². The number of benzene rings is 1. The lowest BCUT2D eigenvalue weighted by molar-refractivity contribution is 1.42. The second-order valence-electron chi connectivity index (χ2n) is 2.56. The Bertz CT molecular complexity index is 217. The lowest BCUT2D eigenvalue weighted by atomic mass is 10.1. The zero-order chi connectivity index (χ0) is 6.97. The van der Waals surface area contributed by atoms with E-state index >= 15 is 0 Å². The highest BCUT2D eigenvalue weighted by molar-refractivity contribution is 9.09. The minimum Gasteiger partial charge on any atom is -0.0880 e. The average Bonchev–Trinajstić information content (AvgIpc) is 2.69. The largest absolute Gasteiger partial charge is 0.0880 e. The van der Waals surface area contributed by atoms with Crippen molar-refractivity contribution >= 4 is 15.9 Å². The fourth-order valence-corrected chi connectivity index (χ4v) is 1.70. The average molecular weight is 196 g/mol. The van der Waals surface area contributed by atoms with E-state index in [1.165, 1.54) is 12.0 Å². The first-order chi connectivity index (χ1) is 4.88. The molecule has 0 heterocycles. The zero-order valence-electron chi connectivity index (χ0n) is 5.55. The lowest BCUT2D eigenvalue weighted by Crippen LogP contribution is -1.79. The molecule has 1 aromatic carbocycles. The van der Waals surface area contributed by atoms with Gasteiger partial charge in [0, 0.05) is 10.7 Å². The van der Waals surface area contributed by atoms with Crippen molar-refractivity contribution in [2.24, 2.45) is 0 Å². The van der Waals surface area contributed by atoms with Gasteiger partial charge in [-0.15, -0.1) is 0 Å². The molecule has 0 aromatic heterocycles. The van der Waals surface area contributed by atoms with Gasteiger partial charge in [-0.1, -0.05) is 46.3 Å². The SMILES string of the molecule is BrC1C[C]1c1ccccc1. The van der Waals surface area contributed by atoms with Crippen LogP contribution >= 0.6 is 15.9 Å². The van der Waals surface area contributed by atoms with Gasteiger partial charge in [-0.25, -0.2) is 0 Å². The number of alkyl halides is 1. The Kier molecular flexibility index (Phi) is 1.53. The van der Waals surface area contributed by atoms with Crippen molar-refractivity contribution in [1.29, 1.82) is 0 Å². The Labute approximate surface area is 69.4 Å². The molecule has 2 rings (SSSR count). The minimum atomic E-state index is 0.662. The Balaban J connectivity index is 2.20. The summed E-state index contributed by atoms with van der Waals surface area (Å²) >= 11 is 3.55. The molecular weight excluding hydrogens is 188 g/mol. The van der Waals surface area contributed by atoms with Crippen LogP contribution in [0.2, 0.25) is 0 Å². The third-order valence-corrected chi connectivity index (χ3v) is 2.64. The molecule has 1 heteroatoms. The molecule has 1 atom stereocenters. The molecule has 1 aliphatic rings. The first kappa shape index (κ1) is 6.41. The van der Waals surface area contributed by atoms with Crippen LogP contribution in [0.1, 0.15) is 12.0 Å². The molecule has 1 fully saturated rings. The van der Waals surface area contributed by atoms with Gasteiger partial charge < -0.3 is 0 Å². The maximum absolute atomic E-state index is 3.55. The molecule has 1 saturated carbocycles. The second kappa shape index (κ2) is 2.39. The number of hydrogen-bond donors (Lipinski definition) is 0. The lowest BCUT2D eigenvalue weighted by Gasteiger charge is -1.93. The topological polar surface area (TPSA) is 0 Å². The van der Waals surface area contributed by atoms with E-state index in [0.29, 0.717) is 4.83 Å². The first-order valence-corrected chi connectivity index (χ1v) is 4.35. The molecule has 1 unspecified atom stereocenters. The van der Waals surface area contributed by atoms with Crippen molar-refractivity contribution in [3.63, 3.8) is 0 Å². The Morgan fingerprint density at radius 1 is 1.20 bits per heavy atom. The maximum Gasteiger partial charge on any atom is 0.0261 e. The van der Waals surface area contributed by atoms with Gasteiger partial charge >= 0.3 is 0 Å². The van der Waals surface area contributed by atoms with Gasteiger partial charge in [-0.05, 0) is 12.0 Å². The van der Waals surface area contributed by atoms with E-state index in [1.807, 2.05) is 0 Å². The van der Waals surface area contributed by atoms with Crippen LogP contribution in [0.25, 0.3) is 0 Å². The molecule has 1 aromatic rings. The van der Waals surface area contributed by atoms with Crippen LogP contribution in [0.3, 0.4) is 0 Å². The first-order valence-electron chi connectivity index (χ1n) is 3.43. The van der Waals surface area contributed by atoms with Crippen LogP contribution in [0, 0.1) is 5.92 Å². The highest BCUT2D eigenvalue weighted by atomic mass is 79.9. The van der Waals surface area contributed by atoms with Gasteiger partial charge in [0.05, 0.1) is 0 Å². The number of halogens is 1. The van der Waals surface area contributed by atoms with Crippen molar-refractivity contribution in [2.75, 3.05) is 0 Å². The summed E-state index contributed by atoms with van der Waals surface area (Å²) in [7, 11) is 0. The van der Waals surface area contributed by atoms with E-state index in [2.05, 4.69) is 46.3 Å².